The molecule has 0 radical (unpaired) electrons. The fourth-order valence-electron chi connectivity index (χ4n) is 13.7. The number of ketones is 4. The molecule has 4 aliphatic rings. The van der Waals surface area contributed by atoms with Crippen molar-refractivity contribution in [3.63, 3.8) is 0 Å². The van der Waals surface area contributed by atoms with Gasteiger partial charge in [-0.1, -0.05) is 85.5 Å². The lowest BCUT2D eigenvalue weighted by molar-refractivity contribution is -0.142. The standard InChI is InChI=1S/C72H110N18O15S2/c1-4-5-17-44-34-60(94)56-21-13-28-89(56)61(95)38-81-66(100)51(18-9-10-25-73)84-65(99)47(32-48-37-78-41-82-48)36-59(93)54(39-106-107-40-55(88-62(44)96)67(101)86-53(70(104)105)31-43-15-7-6-8-16-43)87-64(98)46(30-42(2)3)35-58(92)50(19-11-26-79-71(74)75)83-68(102)57-22-14-29-90(57)69(103)52(20-12-27-80-72(76)77)85-63(97)45-23-24-49(91)33-45/h6-8,15-16,37,41-42,44-47,50-57H,4-5,9-14,17-36,38-40,73H2,1-3H3,(H,78,82)(H,81,100)(H,83,102)(H,84,99)(H,85,97)(H,86,101)(H,87,98)(H,88,96)(H,104,105)(H4,74,75,79)(H4,76,77,80)/t44-,45-,46-,47-,50+,51+,52+,53+,54+,55+,56+,57+/m1/s1. The Morgan fingerprint density at radius 1 is 0.720 bits per heavy atom. The molecule has 4 fully saturated rings. The Bertz CT molecular complexity index is 3430. The lowest BCUT2D eigenvalue weighted by atomic mass is 9.88. The molecule has 0 bridgehead atoms. The number of hydrogen-bond acceptors (Lipinski definition) is 20. The summed E-state index contributed by atoms with van der Waals surface area (Å²) in [6, 6.07) is -1.56. The molecule has 12 atom stereocenters. The molecule has 33 nitrogen and oxygen atoms in total. The maximum Gasteiger partial charge on any atom is 0.326 e. The highest BCUT2D eigenvalue weighted by Gasteiger charge is 2.43. The summed E-state index contributed by atoms with van der Waals surface area (Å²) in [4.78, 5) is 218. The number of amides is 9. The van der Waals surface area contributed by atoms with Crippen LogP contribution in [0.4, 0.5) is 0 Å². The van der Waals surface area contributed by atoms with Crippen molar-refractivity contribution in [2.24, 2.45) is 68.2 Å². The molecule has 1 saturated carbocycles. The minimum atomic E-state index is -1.47. The van der Waals surface area contributed by atoms with Gasteiger partial charge in [0.25, 0.3) is 0 Å². The SMILES string of the molecule is CCCC[C@@H]1CC(=O)[C@@H]2CCCN2C(=O)CNC(=O)[C@H](CCCCN)NC(=O)[C@H](Cc2cnc[nH]2)CC(=O)[C@@H](NC(=O)[C@@H](CC(=O)[C@H](CCCN=C(N)N)NC(=O)[C@@H]2CCCN2C(=O)[C@H](CCCN=C(N)N)NC(=O)[C@@H]2CCC(=O)C2)CC(C)C)CSSC[C@@H](C(=O)N[C@@H](Cc2ccccc2)C(=O)O)NC1=O. The van der Waals surface area contributed by atoms with E-state index in [0.717, 1.165) is 21.6 Å². The van der Waals surface area contributed by atoms with Crippen LogP contribution in [-0.4, -0.2) is 218 Å². The number of unbranched alkanes of at least 4 members (excludes halogenated alkanes) is 2. The number of aromatic nitrogens is 2. The highest BCUT2D eigenvalue weighted by molar-refractivity contribution is 8.76. The van der Waals surface area contributed by atoms with Crippen molar-refractivity contribution >= 4 is 116 Å². The number of aliphatic carboxylic acids is 1. The average Bonchev–Trinajstić information content (AvgIpc) is 1.74. The van der Waals surface area contributed by atoms with Crippen molar-refractivity contribution in [3.8, 4) is 0 Å². The summed E-state index contributed by atoms with van der Waals surface area (Å²) >= 11 is 0. The Morgan fingerprint density at radius 2 is 1.38 bits per heavy atom. The number of Topliss-reactive ketones (excluding diaryl/α,β-unsaturated/α-hetero) is 4. The highest BCUT2D eigenvalue weighted by Crippen LogP contribution is 2.30. The Hall–Kier alpha value is -8.99. The number of aromatic amines is 1. The van der Waals surface area contributed by atoms with Crippen LogP contribution in [0.1, 0.15) is 167 Å². The van der Waals surface area contributed by atoms with E-state index >= 15 is 14.4 Å². The van der Waals surface area contributed by atoms with E-state index in [1.165, 1.54) is 22.3 Å². The monoisotopic (exact) mass is 1530 g/mol. The molecule has 3 saturated heterocycles. The summed E-state index contributed by atoms with van der Waals surface area (Å²) in [5, 5.41) is 29.8. The van der Waals surface area contributed by atoms with Crippen LogP contribution in [0.25, 0.3) is 0 Å². The average molecular weight is 1530 g/mol. The number of benzene rings is 1. The first-order chi connectivity index (χ1) is 51.2. The van der Waals surface area contributed by atoms with E-state index in [0.29, 0.717) is 56.2 Å². The second kappa shape index (κ2) is 45.0. The molecule has 2 aromatic rings. The molecule has 6 rings (SSSR count). The molecule has 107 heavy (non-hydrogen) atoms. The Balaban J connectivity index is 1.34. The summed E-state index contributed by atoms with van der Waals surface area (Å²) < 4.78 is 0. The molecule has 3 aliphatic heterocycles. The molecular formula is C72H110N18O15S2. The molecule has 0 unspecified atom stereocenters. The lowest BCUT2D eigenvalue weighted by Gasteiger charge is -2.30. The van der Waals surface area contributed by atoms with Gasteiger partial charge in [0, 0.05) is 112 Å². The number of rotatable bonds is 34. The Kier molecular flexibility index (Phi) is 36.5. The second-order valence-electron chi connectivity index (χ2n) is 28.4. The number of fused-ring (bicyclic) bond motifs is 1. The molecule has 19 N–H and O–H groups in total. The quantitative estimate of drug-likeness (QED) is 0.0193. The van der Waals surface area contributed by atoms with Crippen LogP contribution in [0.2, 0.25) is 0 Å². The Labute approximate surface area is 631 Å². The fraction of sp³-hybridized carbons (Fsp3) is 0.653. The first kappa shape index (κ1) is 86.9. The topological polar surface area (TPSA) is 533 Å². The number of carboxylic acid groups (broad SMARTS) is 1. The minimum Gasteiger partial charge on any atom is -0.480 e. The maximum atomic E-state index is 15.3. The number of nitrogens with two attached hydrogens (primary N) is 5. The van der Waals surface area contributed by atoms with Crippen molar-refractivity contribution < 1.29 is 72.2 Å². The number of H-pyrrole nitrogens is 1. The Morgan fingerprint density at radius 3 is 2.03 bits per heavy atom. The lowest BCUT2D eigenvalue weighted by Crippen LogP contribution is -2.56. The summed E-state index contributed by atoms with van der Waals surface area (Å²) in [5.74, 6) is -14.5. The van der Waals surface area contributed by atoms with Gasteiger partial charge in [-0.2, -0.15) is 0 Å². The molecule has 9 amide bonds. The zero-order valence-corrected chi connectivity index (χ0v) is 63.2. The number of likely N-dealkylation sites (tertiary alicyclic amines) is 1. The number of carbonyl (C=O) groups is 14. The van der Waals surface area contributed by atoms with Crippen molar-refractivity contribution in [3.05, 3.63) is 54.1 Å². The molecule has 1 aliphatic carbocycles. The van der Waals surface area contributed by atoms with Gasteiger partial charge in [0.2, 0.25) is 53.2 Å². The van der Waals surface area contributed by atoms with Gasteiger partial charge < -0.3 is 85.8 Å². The predicted molar refractivity (Wildman–Crippen MR) is 402 cm³/mol. The number of hydrogen-bond donors (Lipinski definition) is 14. The molecule has 590 valence electrons. The minimum absolute atomic E-state index is 0.0278. The molecule has 1 aromatic carbocycles. The largest absolute Gasteiger partial charge is 0.480 e. The van der Waals surface area contributed by atoms with E-state index < -0.39 is 168 Å². The third-order valence-corrected chi connectivity index (χ3v) is 22.0. The van der Waals surface area contributed by atoms with E-state index in [2.05, 4.69) is 57.2 Å². The maximum absolute atomic E-state index is 15.3. The molecule has 0 spiro atoms. The third kappa shape index (κ3) is 28.9. The number of nitrogens with one attached hydrogen (secondary N) is 8. The third-order valence-electron chi connectivity index (χ3n) is 19.5. The van der Waals surface area contributed by atoms with Crippen LogP contribution in [-0.2, 0) is 80.0 Å². The van der Waals surface area contributed by atoms with Gasteiger partial charge in [0.05, 0.1) is 36.9 Å². The number of nitrogens with zero attached hydrogens (tertiary/aromatic N) is 5. The first-order valence-electron chi connectivity index (χ1n) is 37.2. The van der Waals surface area contributed by atoms with E-state index in [9.17, 15) is 57.8 Å². The van der Waals surface area contributed by atoms with Crippen LogP contribution in [0.5, 0.6) is 0 Å². The summed E-state index contributed by atoms with van der Waals surface area (Å²) in [5.41, 5.74) is 29.3. The summed E-state index contributed by atoms with van der Waals surface area (Å²) in [6.45, 7) is 5.70. The van der Waals surface area contributed by atoms with Gasteiger partial charge in [0.1, 0.15) is 36.0 Å². The number of imidazole rings is 1. The van der Waals surface area contributed by atoms with Gasteiger partial charge >= 0.3 is 5.97 Å². The van der Waals surface area contributed by atoms with Crippen LogP contribution < -0.4 is 65.9 Å². The highest BCUT2D eigenvalue weighted by atomic mass is 33.1. The van der Waals surface area contributed by atoms with Crippen molar-refractivity contribution in [2.45, 2.75) is 217 Å². The van der Waals surface area contributed by atoms with Gasteiger partial charge in [-0.3, -0.25) is 72.3 Å². The van der Waals surface area contributed by atoms with E-state index in [-0.39, 0.29) is 158 Å². The molecule has 4 heterocycles. The van der Waals surface area contributed by atoms with Crippen molar-refractivity contribution in [1.82, 2.24) is 57.0 Å². The number of aliphatic imine (C=N–C) groups is 2. The number of carboxylic acids is 1. The smallest absolute Gasteiger partial charge is 0.326 e. The van der Waals surface area contributed by atoms with E-state index in [4.69, 9.17) is 28.7 Å². The zero-order chi connectivity index (χ0) is 78.1. The fourth-order valence-corrected chi connectivity index (χ4v) is 16.1. The second-order valence-corrected chi connectivity index (χ2v) is 31.0. The van der Waals surface area contributed by atoms with Crippen molar-refractivity contribution in [2.75, 3.05) is 50.8 Å². The summed E-state index contributed by atoms with van der Waals surface area (Å²) in [6.07, 6.45) is 5.81. The van der Waals surface area contributed by atoms with Crippen LogP contribution in [0.3, 0.4) is 0 Å². The normalized spacial score (nSPS) is 22.8. The first-order valence-corrected chi connectivity index (χ1v) is 39.7. The molecular weight excluding hydrogens is 1420 g/mol. The summed E-state index contributed by atoms with van der Waals surface area (Å²) in [7, 11) is 1.99. The van der Waals surface area contributed by atoms with Crippen molar-refractivity contribution in [1.29, 1.82) is 0 Å². The molecule has 1 aromatic heterocycles. The number of guanidine groups is 2. The predicted octanol–water partition coefficient (Wildman–Crippen LogP) is 0.249. The van der Waals surface area contributed by atoms with Crippen LogP contribution >= 0.6 is 21.6 Å². The van der Waals surface area contributed by atoms with Gasteiger partial charge in [-0.15, -0.1) is 0 Å². The zero-order valence-electron chi connectivity index (χ0n) is 61.6. The van der Waals surface area contributed by atoms with Crippen LogP contribution in [0, 0.1) is 29.6 Å². The van der Waals surface area contributed by atoms with Crippen LogP contribution in [0.15, 0.2) is 52.8 Å². The van der Waals surface area contributed by atoms with E-state index in [1.54, 1.807) is 30.3 Å². The van der Waals surface area contributed by atoms with Gasteiger partial charge in [-0.25, -0.2) is 9.78 Å². The van der Waals surface area contributed by atoms with E-state index in [1.807, 2.05) is 20.8 Å². The van der Waals surface area contributed by atoms with Gasteiger partial charge in [0.15, 0.2) is 29.3 Å². The molecule has 35 heteroatoms. The van der Waals surface area contributed by atoms with Gasteiger partial charge in [-0.05, 0) is 108 Å². The number of carbonyl (C=O) groups excluding carboxylic acids is 13.